The molecule has 0 aliphatic carbocycles. The summed E-state index contributed by atoms with van der Waals surface area (Å²) in [5.74, 6) is -0.232. The Morgan fingerprint density at radius 3 is 2.67 bits per heavy atom. The molecule has 1 aliphatic heterocycles. The second-order valence-electron chi connectivity index (χ2n) is 8.04. The third-order valence-electron chi connectivity index (χ3n) is 4.72. The molecule has 2 N–H and O–H groups in total. The maximum atomic E-state index is 13.2. The van der Waals surface area contributed by atoms with Crippen LogP contribution < -0.4 is 5.32 Å². The minimum atomic E-state index is -4.57. The van der Waals surface area contributed by atoms with Gasteiger partial charge in [-0.15, -0.1) is 5.10 Å². The van der Waals surface area contributed by atoms with Crippen LogP contribution in [-0.4, -0.2) is 73.5 Å². The van der Waals surface area contributed by atoms with E-state index in [-0.39, 0.29) is 23.7 Å². The Kier molecular flexibility index (Phi) is 6.04. The van der Waals surface area contributed by atoms with Gasteiger partial charge in [0, 0.05) is 50.7 Å². The predicted octanol–water partition coefficient (Wildman–Crippen LogP) is 2.59. The molecule has 1 unspecified atom stereocenters. The predicted molar refractivity (Wildman–Crippen MR) is 104 cm³/mol. The summed E-state index contributed by atoms with van der Waals surface area (Å²) < 4.78 is 40.6. The highest BCUT2D eigenvalue weighted by molar-refractivity contribution is 5.88. The monoisotopic (exact) mass is 426 g/mol. The second-order valence-corrected chi connectivity index (χ2v) is 8.04. The summed E-state index contributed by atoms with van der Waals surface area (Å²) in [6, 6.07) is 3.07. The Bertz CT molecular complexity index is 893. The molecule has 0 radical (unpaired) electrons. The Morgan fingerprint density at radius 1 is 1.30 bits per heavy atom. The number of carbonyl (C=O) groups excluding carboxylic acids is 1. The zero-order valence-electron chi connectivity index (χ0n) is 17.0. The first kappa shape index (κ1) is 22.0. The number of β-amino-alcohol motifs (C(OH)–C–C–N with tert-alkyl or cyclic N) is 1. The normalized spacial score (nSPS) is 18.5. The molecule has 0 aromatic carbocycles. The Hall–Kier alpha value is -2.66. The smallest absolute Gasteiger partial charge is 0.389 e. The molecule has 8 nitrogen and oxygen atoms in total. The fourth-order valence-corrected chi connectivity index (χ4v) is 3.52. The number of hydrogen-bond donors (Lipinski definition) is 2. The summed E-state index contributed by atoms with van der Waals surface area (Å²) in [5.41, 5.74) is -1.74. The van der Waals surface area contributed by atoms with Gasteiger partial charge in [0.25, 0.3) is 0 Å². The molecular formula is C19H25F3N6O2. The van der Waals surface area contributed by atoms with E-state index in [1.54, 1.807) is 18.7 Å². The quantitative estimate of drug-likeness (QED) is 0.785. The van der Waals surface area contributed by atoms with Gasteiger partial charge in [-0.1, -0.05) is 0 Å². The van der Waals surface area contributed by atoms with Crippen LogP contribution >= 0.6 is 0 Å². The van der Waals surface area contributed by atoms with Crippen LogP contribution in [-0.2, 0) is 6.18 Å². The summed E-state index contributed by atoms with van der Waals surface area (Å²) >= 11 is 0. The van der Waals surface area contributed by atoms with Crippen molar-refractivity contribution in [2.75, 3.05) is 31.5 Å². The standard InChI is InChI=1S/C19H25F3N6O2/c1-13-11-26(12-18(2,3)30)9-10-27(13)17(29)24-15-6-8-28(25-15)16-14(19(20,21)22)5-4-7-23-16/h4-8,13,30H,9-12H2,1-3H3,(H,24,25,29). The summed E-state index contributed by atoms with van der Waals surface area (Å²) in [4.78, 5) is 20.1. The highest BCUT2D eigenvalue weighted by Gasteiger charge is 2.35. The molecule has 2 aromatic heterocycles. The van der Waals surface area contributed by atoms with Crippen molar-refractivity contribution >= 4 is 11.8 Å². The van der Waals surface area contributed by atoms with Crippen molar-refractivity contribution in [2.45, 2.75) is 38.6 Å². The molecule has 1 fully saturated rings. The number of anilines is 1. The van der Waals surface area contributed by atoms with Crippen LogP contribution in [0.3, 0.4) is 0 Å². The Balaban J connectivity index is 1.67. The molecule has 164 valence electrons. The third kappa shape index (κ3) is 5.28. The van der Waals surface area contributed by atoms with Gasteiger partial charge >= 0.3 is 12.2 Å². The van der Waals surface area contributed by atoms with Gasteiger partial charge in [-0.2, -0.15) is 13.2 Å². The fraction of sp³-hybridized carbons (Fsp3) is 0.526. The molecule has 0 spiro atoms. The van der Waals surface area contributed by atoms with E-state index in [0.717, 1.165) is 10.7 Å². The van der Waals surface area contributed by atoms with Crippen LogP contribution in [0.15, 0.2) is 30.6 Å². The number of urea groups is 1. The zero-order chi connectivity index (χ0) is 22.1. The molecule has 1 saturated heterocycles. The lowest BCUT2D eigenvalue weighted by Gasteiger charge is -2.41. The van der Waals surface area contributed by atoms with Gasteiger partial charge in [-0.05, 0) is 32.9 Å². The van der Waals surface area contributed by atoms with Crippen molar-refractivity contribution in [3.63, 3.8) is 0 Å². The molecule has 0 saturated carbocycles. The molecule has 3 rings (SSSR count). The minimum absolute atomic E-state index is 0.101. The average molecular weight is 426 g/mol. The van der Waals surface area contributed by atoms with Gasteiger partial charge in [0.2, 0.25) is 0 Å². The Labute approximate surface area is 172 Å². The zero-order valence-corrected chi connectivity index (χ0v) is 17.0. The van der Waals surface area contributed by atoms with Gasteiger partial charge in [-0.25, -0.2) is 14.5 Å². The molecule has 2 amide bonds. The summed E-state index contributed by atoms with van der Waals surface area (Å²) in [7, 11) is 0. The third-order valence-corrected chi connectivity index (χ3v) is 4.72. The van der Waals surface area contributed by atoms with Crippen molar-refractivity contribution in [1.82, 2.24) is 24.6 Å². The van der Waals surface area contributed by atoms with Gasteiger partial charge < -0.3 is 10.0 Å². The van der Waals surface area contributed by atoms with Gasteiger partial charge in [0.05, 0.1) is 5.60 Å². The number of halogens is 3. The number of aliphatic hydroxyl groups is 1. The largest absolute Gasteiger partial charge is 0.420 e. The number of aromatic nitrogens is 3. The molecular weight excluding hydrogens is 401 g/mol. The van der Waals surface area contributed by atoms with Gasteiger partial charge in [-0.3, -0.25) is 10.2 Å². The van der Waals surface area contributed by atoms with Crippen LogP contribution in [0.25, 0.3) is 5.82 Å². The maximum absolute atomic E-state index is 13.2. The van der Waals surface area contributed by atoms with Crippen molar-refractivity contribution in [1.29, 1.82) is 0 Å². The molecule has 30 heavy (non-hydrogen) atoms. The van der Waals surface area contributed by atoms with E-state index < -0.39 is 17.3 Å². The first-order valence-corrected chi connectivity index (χ1v) is 9.55. The summed E-state index contributed by atoms with van der Waals surface area (Å²) in [6.45, 7) is 7.55. The summed E-state index contributed by atoms with van der Waals surface area (Å²) in [6.07, 6.45) is -2.01. The number of pyridine rings is 1. The van der Waals surface area contributed by atoms with Crippen LogP contribution in [0, 0.1) is 0 Å². The van der Waals surface area contributed by atoms with E-state index in [4.69, 9.17) is 0 Å². The number of nitrogens with one attached hydrogen (secondary N) is 1. The van der Waals surface area contributed by atoms with E-state index in [9.17, 15) is 23.1 Å². The minimum Gasteiger partial charge on any atom is -0.389 e. The molecule has 3 heterocycles. The number of hydrogen-bond acceptors (Lipinski definition) is 5. The fourth-order valence-electron chi connectivity index (χ4n) is 3.52. The first-order chi connectivity index (χ1) is 13.9. The van der Waals surface area contributed by atoms with E-state index >= 15 is 0 Å². The average Bonchev–Trinajstić information content (AvgIpc) is 3.08. The number of carbonyl (C=O) groups is 1. The topological polar surface area (TPSA) is 86.5 Å². The molecule has 11 heteroatoms. The number of nitrogens with zero attached hydrogens (tertiary/aromatic N) is 5. The number of alkyl halides is 3. The van der Waals surface area contributed by atoms with Crippen molar-refractivity contribution in [3.8, 4) is 5.82 Å². The Morgan fingerprint density at radius 2 is 2.03 bits per heavy atom. The van der Waals surface area contributed by atoms with Crippen LogP contribution in [0.1, 0.15) is 26.3 Å². The van der Waals surface area contributed by atoms with Gasteiger partial charge in [0.15, 0.2) is 11.6 Å². The summed E-state index contributed by atoms with van der Waals surface area (Å²) in [5, 5.41) is 16.6. The molecule has 0 bridgehead atoms. The molecule has 1 aliphatic rings. The lowest BCUT2D eigenvalue weighted by Crippen LogP contribution is -2.57. The maximum Gasteiger partial charge on any atom is 0.420 e. The van der Waals surface area contributed by atoms with Crippen LogP contribution in [0.5, 0.6) is 0 Å². The lowest BCUT2D eigenvalue weighted by atomic mass is 10.1. The van der Waals surface area contributed by atoms with E-state index in [0.29, 0.717) is 26.2 Å². The molecule has 1 atom stereocenters. The first-order valence-electron chi connectivity index (χ1n) is 9.55. The van der Waals surface area contributed by atoms with E-state index in [2.05, 4.69) is 20.3 Å². The lowest BCUT2D eigenvalue weighted by molar-refractivity contribution is -0.137. The highest BCUT2D eigenvalue weighted by atomic mass is 19.4. The number of piperazine rings is 1. The van der Waals surface area contributed by atoms with Crippen LogP contribution in [0.2, 0.25) is 0 Å². The van der Waals surface area contributed by atoms with Gasteiger partial charge in [0.1, 0.15) is 5.56 Å². The van der Waals surface area contributed by atoms with E-state index in [1.807, 2.05) is 6.92 Å². The number of amides is 2. The van der Waals surface area contributed by atoms with Crippen LogP contribution in [0.4, 0.5) is 23.8 Å². The van der Waals surface area contributed by atoms with E-state index in [1.165, 1.54) is 24.5 Å². The van der Waals surface area contributed by atoms with Crippen molar-refractivity contribution < 1.29 is 23.1 Å². The van der Waals surface area contributed by atoms with Crippen molar-refractivity contribution in [2.24, 2.45) is 0 Å². The highest BCUT2D eigenvalue weighted by Crippen LogP contribution is 2.32. The van der Waals surface area contributed by atoms with Crippen molar-refractivity contribution in [3.05, 3.63) is 36.2 Å². The number of rotatable bonds is 4. The SMILES string of the molecule is CC1CN(CC(C)(C)O)CCN1C(=O)Nc1ccn(-c2ncccc2C(F)(F)F)n1. The second kappa shape index (κ2) is 8.23. The molecule has 2 aromatic rings.